The lowest BCUT2D eigenvalue weighted by Crippen LogP contribution is -2.01. The number of aromatic amines is 1. The zero-order chi connectivity index (χ0) is 15.0. The maximum absolute atomic E-state index is 11.4. The highest BCUT2D eigenvalue weighted by molar-refractivity contribution is 7.90. The molecule has 0 fully saturated rings. The second-order valence-electron chi connectivity index (χ2n) is 5.08. The van der Waals surface area contributed by atoms with E-state index < -0.39 is 9.84 Å². The standard InChI is InChI=1S/C15H15N3O2S/c1-10-12(15-13(18-10)4-3-7-16-15)8-11-5-6-14(17-9-11)21(2,19)20/h3-7,9,18H,8H2,1-2H3. The molecule has 0 aliphatic carbocycles. The number of H-pyrrole nitrogens is 1. The number of hydrogen-bond acceptors (Lipinski definition) is 4. The highest BCUT2D eigenvalue weighted by Crippen LogP contribution is 2.22. The van der Waals surface area contributed by atoms with Crippen LogP contribution >= 0.6 is 0 Å². The predicted octanol–water partition coefficient (Wildman–Crippen LogP) is 2.26. The monoisotopic (exact) mass is 301 g/mol. The Labute approximate surface area is 123 Å². The number of aryl methyl sites for hydroxylation is 1. The molecule has 5 nitrogen and oxygen atoms in total. The molecule has 1 N–H and O–H groups in total. The van der Waals surface area contributed by atoms with Gasteiger partial charge in [0.1, 0.15) is 0 Å². The van der Waals surface area contributed by atoms with Gasteiger partial charge in [0, 0.05) is 36.3 Å². The van der Waals surface area contributed by atoms with Crippen molar-refractivity contribution in [2.24, 2.45) is 0 Å². The molecule has 0 aliphatic heterocycles. The minimum Gasteiger partial charge on any atom is -0.357 e. The predicted molar refractivity (Wildman–Crippen MR) is 81.0 cm³/mol. The molecule has 0 saturated carbocycles. The smallest absolute Gasteiger partial charge is 0.192 e. The summed E-state index contributed by atoms with van der Waals surface area (Å²) in [5, 5.41) is 0.0972. The van der Waals surface area contributed by atoms with E-state index in [-0.39, 0.29) is 5.03 Å². The Morgan fingerprint density at radius 2 is 2.00 bits per heavy atom. The van der Waals surface area contributed by atoms with E-state index in [1.807, 2.05) is 19.1 Å². The molecule has 3 aromatic heterocycles. The van der Waals surface area contributed by atoms with Crippen LogP contribution in [0.2, 0.25) is 0 Å². The van der Waals surface area contributed by atoms with Gasteiger partial charge in [0.05, 0.1) is 11.0 Å². The molecule has 0 atom stereocenters. The van der Waals surface area contributed by atoms with E-state index in [1.165, 1.54) is 0 Å². The number of aromatic nitrogens is 3. The lowest BCUT2D eigenvalue weighted by molar-refractivity contribution is 0.598. The highest BCUT2D eigenvalue weighted by Gasteiger charge is 2.12. The zero-order valence-corrected chi connectivity index (χ0v) is 12.6. The zero-order valence-electron chi connectivity index (χ0n) is 11.8. The third-order valence-corrected chi connectivity index (χ3v) is 4.43. The third kappa shape index (κ3) is 2.67. The van der Waals surface area contributed by atoms with E-state index in [2.05, 4.69) is 15.0 Å². The van der Waals surface area contributed by atoms with Crippen LogP contribution in [0, 0.1) is 6.92 Å². The van der Waals surface area contributed by atoms with Gasteiger partial charge in [-0.05, 0) is 30.7 Å². The van der Waals surface area contributed by atoms with E-state index in [1.54, 1.807) is 24.5 Å². The summed E-state index contributed by atoms with van der Waals surface area (Å²) >= 11 is 0. The van der Waals surface area contributed by atoms with E-state index in [9.17, 15) is 8.42 Å². The van der Waals surface area contributed by atoms with Crippen LogP contribution in [0.25, 0.3) is 11.0 Å². The SMILES string of the molecule is Cc1[nH]c2cccnc2c1Cc1ccc(S(C)(=O)=O)nc1. The molecule has 0 amide bonds. The van der Waals surface area contributed by atoms with Gasteiger partial charge < -0.3 is 4.98 Å². The molecule has 6 heteroatoms. The number of fused-ring (bicyclic) bond motifs is 1. The lowest BCUT2D eigenvalue weighted by Gasteiger charge is -2.03. The Morgan fingerprint density at radius 1 is 1.19 bits per heavy atom. The second-order valence-corrected chi connectivity index (χ2v) is 7.04. The van der Waals surface area contributed by atoms with Crippen LogP contribution in [-0.4, -0.2) is 29.6 Å². The summed E-state index contributed by atoms with van der Waals surface area (Å²) < 4.78 is 22.8. The van der Waals surface area contributed by atoms with Gasteiger partial charge in [0.25, 0.3) is 0 Å². The molecule has 21 heavy (non-hydrogen) atoms. The molecule has 0 spiro atoms. The van der Waals surface area contributed by atoms with E-state index in [0.29, 0.717) is 6.42 Å². The summed E-state index contributed by atoms with van der Waals surface area (Å²) in [6, 6.07) is 7.22. The Kier molecular flexibility index (Phi) is 3.25. The number of nitrogens with zero attached hydrogens (tertiary/aromatic N) is 2. The van der Waals surface area contributed by atoms with Crippen LogP contribution in [0.15, 0.2) is 41.7 Å². The Balaban J connectivity index is 1.97. The minimum absolute atomic E-state index is 0.0972. The highest BCUT2D eigenvalue weighted by atomic mass is 32.2. The Hall–Kier alpha value is -2.21. The molecule has 3 heterocycles. The van der Waals surface area contributed by atoms with Crippen LogP contribution in [0.4, 0.5) is 0 Å². The van der Waals surface area contributed by atoms with Crippen molar-refractivity contribution in [3.8, 4) is 0 Å². The van der Waals surface area contributed by atoms with Gasteiger partial charge in [-0.25, -0.2) is 13.4 Å². The van der Waals surface area contributed by atoms with Crippen molar-refractivity contribution in [1.29, 1.82) is 0 Å². The van der Waals surface area contributed by atoms with Crippen molar-refractivity contribution in [2.45, 2.75) is 18.4 Å². The number of pyridine rings is 2. The average molecular weight is 301 g/mol. The molecular formula is C15H15N3O2S. The molecule has 0 aromatic carbocycles. The molecule has 0 bridgehead atoms. The molecule has 3 aromatic rings. The van der Waals surface area contributed by atoms with Crippen LogP contribution in [0.3, 0.4) is 0 Å². The molecule has 0 saturated heterocycles. The Bertz CT molecular complexity index is 896. The van der Waals surface area contributed by atoms with Crippen molar-refractivity contribution in [1.82, 2.24) is 15.0 Å². The molecular weight excluding hydrogens is 286 g/mol. The summed E-state index contributed by atoms with van der Waals surface area (Å²) in [6.45, 7) is 2.01. The van der Waals surface area contributed by atoms with Crippen LogP contribution in [0.5, 0.6) is 0 Å². The first-order chi connectivity index (χ1) is 9.95. The fraction of sp³-hybridized carbons (Fsp3) is 0.200. The topological polar surface area (TPSA) is 75.7 Å². The van der Waals surface area contributed by atoms with Crippen molar-refractivity contribution >= 4 is 20.9 Å². The number of hydrogen-bond donors (Lipinski definition) is 1. The van der Waals surface area contributed by atoms with Gasteiger partial charge in [-0.15, -0.1) is 0 Å². The first-order valence-corrected chi connectivity index (χ1v) is 8.41. The van der Waals surface area contributed by atoms with Crippen molar-refractivity contribution in [3.05, 3.63) is 53.5 Å². The van der Waals surface area contributed by atoms with Gasteiger partial charge in [0.2, 0.25) is 0 Å². The van der Waals surface area contributed by atoms with Crippen molar-refractivity contribution in [2.75, 3.05) is 6.26 Å². The van der Waals surface area contributed by atoms with E-state index in [4.69, 9.17) is 0 Å². The first-order valence-electron chi connectivity index (χ1n) is 6.52. The minimum atomic E-state index is -3.25. The molecule has 108 valence electrons. The van der Waals surface area contributed by atoms with E-state index in [0.717, 1.165) is 34.1 Å². The first kappa shape index (κ1) is 13.8. The average Bonchev–Trinajstić information content (AvgIpc) is 2.75. The summed E-state index contributed by atoms with van der Waals surface area (Å²) in [7, 11) is -3.25. The molecule has 0 radical (unpaired) electrons. The quantitative estimate of drug-likeness (QED) is 0.805. The van der Waals surface area contributed by atoms with Gasteiger partial charge in [-0.3, -0.25) is 4.98 Å². The summed E-state index contributed by atoms with van der Waals surface area (Å²) in [6.07, 6.45) is 5.20. The maximum atomic E-state index is 11.4. The summed E-state index contributed by atoms with van der Waals surface area (Å²) in [4.78, 5) is 11.7. The van der Waals surface area contributed by atoms with Crippen LogP contribution in [-0.2, 0) is 16.3 Å². The van der Waals surface area contributed by atoms with Crippen molar-refractivity contribution in [3.63, 3.8) is 0 Å². The van der Waals surface area contributed by atoms with Gasteiger partial charge in [0.15, 0.2) is 14.9 Å². The van der Waals surface area contributed by atoms with E-state index >= 15 is 0 Å². The summed E-state index contributed by atoms with van der Waals surface area (Å²) in [5.74, 6) is 0. The van der Waals surface area contributed by atoms with Crippen LogP contribution in [0.1, 0.15) is 16.8 Å². The largest absolute Gasteiger partial charge is 0.357 e. The fourth-order valence-electron chi connectivity index (χ4n) is 2.36. The second kappa shape index (κ2) is 4.96. The number of rotatable bonds is 3. The summed E-state index contributed by atoms with van der Waals surface area (Å²) in [5.41, 5.74) is 5.08. The molecule has 0 unspecified atom stereocenters. The fourth-order valence-corrected chi connectivity index (χ4v) is 2.92. The Morgan fingerprint density at radius 3 is 2.67 bits per heavy atom. The maximum Gasteiger partial charge on any atom is 0.192 e. The van der Waals surface area contributed by atoms with Gasteiger partial charge in [-0.1, -0.05) is 6.07 Å². The number of sulfone groups is 1. The third-order valence-electron chi connectivity index (χ3n) is 3.43. The van der Waals surface area contributed by atoms with Crippen molar-refractivity contribution < 1.29 is 8.42 Å². The van der Waals surface area contributed by atoms with Gasteiger partial charge in [-0.2, -0.15) is 0 Å². The number of nitrogens with one attached hydrogen (secondary N) is 1. The lowest BCUT2D eigenvalue weighted by atomic mass is 10.1. The molecule has 3 rings (SSSR count). The van der Waals surface area contributed by atoms with Crippen LogP contribution < -0.4 is 0 Å². The normalized spacial score (nSPS) is 11.9. The molecule has 0 aliphatic rings. The van der Waals surface area contributed by atoms with Gasteiger partial charge >= 0.3 is 0 Å².